The first kappa shape index (κ1) is 26.7. The predicted molar refractivity (Wildman–Crippen MR) is 144 cm³/mol. The Hall–Kier alpha value is -3.85. The molecule has 0 bridgehead atoms. The van der Waals surface area contributed by atoms with E-state index in [1.54, 1.807) is 23.2 Å². The van der Waals surface area contributed by atoms with Gasteiger partial charge in [0.25, 0.3) is 5.91 Å². The molecule has 0 aliphatic carbocycles. The van der Waals surface area contributed by atoms with Crippen molar-refractivity contribution in [3.63, 3.8) is 0 Å². The van der Waals surface area contributed by atoms with Crippen LogP contribution in [-0.2, 0) is 28.6 Å². The molecule has 0 fully saturated rings. The maximum absolute atomic E-state index is 14.2. The fourth-order valence-corrected chi connectivity index (χ4v) is 5.11. The van der Waals surface area contributed by atoms with E-state index in [1.807, 2.05) is 40.7 Å². The fourth-order valence-electron chi connectivity index (χ4n) is 4.99. The summed E-state index contributed by atoms with van der Waals surface area (Å²) in [5.74, 6) is -1.58. The molecule has 202 valence electrons. The van der Waals surface area contributed by atoms with Crippen LogP contribution in [0.1, 0.15) is 67.8 Å². The van der Waals surface area contributed by atoms with E-state index in [-0.39, 0.29) is 34.4 Å². The first-order chi connectivity index (χ1) is 18.3. The van der Waals surface area contributed by atoms with Crippen LogP contribution >= 0.6 is 11.6 Å². The summed E-state index contributed by atoms with van der Waals surface area (Å²) in [6.07, 6.45) is 1.86. The van der Waals surface area contributed by atoms with Crippen molar-refractivity contribution >= 4 is 34.6 Å². The molecule has 5 rings (SSSR count). The van der Waals surface area contributed by atoms with Crippen LogP contribution in [0.2, 0.25) is 5.02 Å². The van der Waals surface area contributed by atoms with Gasteiger partial charge in [0.05, 0.1) is 21.9 Å². The number of rotatable bonds is 4. The van der Waals surface area contributed by atoms with Gasteiger partial charge in [-0.3, -0.25) is 9.59 Å². The molecule has 8 nitrogen and oxygen atoms in total. The molecular weight excluding hydrogens is 523 g/mol. The Kier molecular flexibility index (Phi) is 6.45. The summed E-state index contributed by atoms with van der Waals surface area (Å²) in [6, 6.07) is 7.99. The van der Waals surface area contributed by atoms with Gasteiger partial charge in [-0.25, -0.2) is 19.3 Å². The number of carbonyl (C=O) groups is 2. The molecule has 0 saturated carbocycles. The minimum atomic E-state index is -1.03. The van der Waals surface area contributed by atoms with Crippen molar-refractivity contribution in [3.8, 4) is 11.3 Å². The van der Waals surface area contributed by atoms with E-state index in [1.165, 1.54) is 12.1 Å². The lowest BCUT2D eigenvalue weighted by Gasteiger charge is -2.42. The summed E-state index contributed by atoms with van der Waals surface area (Å²) >= 11 is 5.88. The van der Waals surface area contributed by atoms with E-state index in [0.717, 1.165) is 11.1 Å². The summed E-state index contributed by atoms with van der Waals surface area (Å²) in [5.41, 5.74) is 3.19. The third kappa shape index (κ3) is 4.87. The van der Waals surface area contributed by atoms with Gasteiger partial charge in [-0.1, -0.05) is 38.4 Å². The molecule has 4 aromatic rings. The normalized spacial score (nSPS) is 14.9. The number of halogens is 2. The van der Waals surface area contributed by atoms with E-state index in [4.69, 9.17) is 26.1 Å². The van der Waals surface area contributed by atoms with Crippen LogP contribution in [0, 0.1) is 5.82 Å². The molecule has 1 amide bonds. The van der Waals surface area contributed by atoms with Crippen LogP contribution < -0.4 is 0 Å². The number of carboxylic acid groups (broad SMARTS) is 1. The van der Waals surface area contributed by atoms with Gasteiger partial charge in [-0.05, 0) is 49.4 Å². The number of hydrogen-bond acceptors (Lipinski definition) is 6. The molecule has 4 heterocycles. The van der Waals surface area contributed by atoms with E-state index in [2.05, 4.69) is 9.97 Å². The van der Waals surface area contributed by atoms with Crippen LogP contribution in [0.15, 0.2) is 40.9 Å². The number of fused-ring (bicyclic) bond motifs is 2. The zero-order valence-electron chi connectivity index (χ0n) is 22.3. The van der Waals surface area contributed by atoms with Crippen molar-refractivity contribution in [2.24, 2.45) is 0 Å². The second-order valence-corrected chi connectivity index (χ2v) is 11.7. The number of pyridine rings is 1. The zero-order valence-corrected chi connectivity index (χ0v) is 23.1. The lowest BCUT2D eigenvalue weighted by Crippen LogP contribution is -2.50. The highest BCUT2D eigenvalue weighted by Gasteiger charge is 2.41. The number of aliphatic carboxylic acids is 1. The summed E-state index contributed by atoms with van der Waals surface area (Å²) in [4.78, 5) is 40.1. The first-order valence-electron chi connectivity index (χ1n) is 12.5. The second-order valence-electron chi connectivity index (χ2n) is 11.3. The molecule has 3 aromatic heterocycles. The Balaban J connectivity index is 1.57. The van der Waals surface area contributed by atoms with Crippen molar-refractivity contribution in [2.45, 2.75) is 58.4 Å². The van der Waals surface area contributed by atoms with Gasteiger partial charge in [0.15, 0.2) is 11.3 Å². The van der Waals surface area contributed by atoms with Crippen LogP contribution in [0.5, 0.6) is 0 Å². The molecule has 0 spiro atoms. The third-order valence-corrected chi connectivity index (χ3v) is 7.35. The highest BCUT2D eigenvalue weighted by Crippen LogP contribution is 2.38. The Morgan fingerprint density at radius 1 is 1.18 bits per heavy atom. The van der Waals surface area contributed by atoms with Gasteiger partial charge in [-0.2, -0.15) is 0 Å². The SMILES string of the molecule is CC(C)(C)c1cc(-c2ccc(Cl)c(F)c2)nc2cc(C(=O)N3CCc4cnc(CC(=O)O)nc4C3(C)C)oc12. The van der Waals surface area contributed by atoms with Gasteiger partial charge in [0.2, 0.25) is 0 Å². The van der Waals surface area contributed by atoms with E-state index < -0.39 is 17.3 Å². The number of carbonyl (C=O) groups excluding carboxylic acids is 1. The van der Waals surface area contributed by atoms with Gasteiger partial charge in [0.1, 0.15) is 23.6 Å². The smallest absolute Gasteiger partial charge is 0.311 e. The van der Waals surface area contributed by atoms with Gasteiger partial charge >= 0.3 is 5.97 Å². The standard InChI is InChI=1S/C29H28ClFN4O4/c1-28(2,3)17-11-20(15-6-7-18(30)19(31)10-15)33-21-12-22(39-25(17)21)27(38)35-9-8-16-14-32-23(13-24(36)37)34-26(16)29(35,4)5/h6-7,10-12,14H,8-9,13H2,1-5H3,(H,36,37). The Bertz CT molecular complexity index is 1640. The molecule has 10 heteroatoms. The molecule has 1 aliphatic heterocycles. The molecule has 1 aliphatic rings. The fraction of sp³-hybridized carbons (Fsp3) is 0.345. The molecule has 0 radical (unpaired) electrons. The summed E-state index contributed by atoms with van der Waals surface area (Å²) < 4.78 is 20.4. The molecule has 0 atom stereocenters. The summed E-state index contributed by atoms with van der Waals surface area (Å²) in [7, 11) is 0. The maximum atomic E-state index is 14.2. The van der Waals surface area contributed by atoms with Crippen molar-refractivity contribution in [1.82, 2.24) is 19.9 Å². The highest BCUT2D eigenvalue weighted by molar-refractivity contribution is 6.30. The van der Waals surface area contributed by atoms with Gasteiger partial charge in [0, 0.05) is 29.9 Å². The zero-order chi connectivity index (χ0) is 28.3. The van der Waals surface area contributed by atoms with E-state index in [9.17, 15) is 14.0 Å². The quantitative estimate of drug-likeness (QED) is 0.335. The molecular formula is C29H28ClFN4O4. The van der Waals surface area contributed by atoms with Gasteiger partial charge < -0.3 is 14.4 Å². The number of aromatic nitrogens is 3. The number of nitrogens with zero attached hydrogens (tertiary/aromatic N) is 4. The Labute approximate surface area is 229 Å². The topological polar surface area (TPSA) is 109 Å². The van der Waals surface area contributed by atoms with Crippen LogP contribution in [0.3, 0.4) is 0 Å². The molecule has 0 saturated heterocycles. The molecule has 1 aromatic carbocycles. The Morgan fingerprint density at radius 3 is 2.59 bits per heavy atom. The Morgan fingerprint density at radius 2 is 1.92 bits per heavy atom. The summed E-state index contributed by atoms with van der Waals surface area (Å²) in [6.45, 7) is 10.2. The lowest BCUT2D eigenvalue weighted by molar-refractivity contribution is -0.136. The van der Waals surface area contributed by atoms with Crippen molar-refractivity contribution in [2.75, 3.05) is 6.54 Å². The maximum Gasteiger partial charge on any atom is 0.311 e. The largest absolute Gasteiger partial charge is 0.481 e. The molecule has 39 heavy (non-hydrogen) atoms. The third-order valence-electron chi connectivity index (χ3n) is 7.04. The molecule has 1 N–H and O–H groups in total. The lowest BCUT2D eigenvalue weighted by atomic mass is 9.86. The van der Waals surface area contributed by atoms with E-state index >= 15 is 0 Å². The summed E-state index contributed by atoms with van der Waals surface area (Å²) in [5, 5.41) is 9.20. The van der Waals surface area contributed by atoms with Crippen molar-refractivity contribution < 1.29 is 23.5 Å². The average Bonchev–Trinajstić information content (AvgIpc) is 3.28. The number of carboxylic acids is 1. The highest BCUT2D eigenvalue weighted by atomic mass is 35.5. The number of furan rings is 1. The van der Waals surface area contributed by atoms with Crippen molar-refractivity contribution in [1.29, 1.82) is 0 Å². The van der Waals surface area contributed by atoms with Gasteiger partial charge in [-0.15, -0.1) is 0 Å². The average molecular weight is 551 g/mol. The number of benzene rings is 1. The number of hydrogen-bond donors (Lipinski definition) is 1. The minimum absolute atomic E-state index is 0.0261. The van der Waals surface area contributed by atoms with Crippen LogP contribution in [0.4, 0.5) is 4.39 Å². The predicted octanol–water partition coefficient (Wildman–Crippen LogP) is 5.94. The minimum Gasteiger partial charge on any atom is -0.481 e. The van der Waals surface area contributed by atoms with Crippen LogP contribution in [0.25, 0.3) is 22.4 Å². The van der Waals surface area contributed by atoms with E-state index in [0.29, 0.717) is 41.0 Å². The van der Waals surface area contributed by atoms with Crippen LogP contribution in [-0.4, -0.2) is 43.4 Å². The first-order valence-corrected chi connectivity index (χ1v) is 12.9. The van der Waals surface area contributed by atoms with Crippen molar-refractivity contribution in [3.05, 3.63) is 75.8 Å². The second kappa shape index (κ2) is 9.41. The monoisotopic (exact) mass is 550 g/mol. The number of amides is 1. The molecule has 0 unspecified atom stereocenters.